The highest BCUT2D eigenvalue weighted by molar-refractivity contribution is 7.70. The monoisotopic (exact) mass is 226 g/mol. The van der Waals surface area contributed by atoms with Gasteiger partial charge in [0.2, 0.25) is 10.9 Å². The van der Waals surface area contributed by atoms with Crippen molar-refractivity contribution in [2.75, 3.05) is 19.6 Å². The molecule has 6 heteroatoms. The van der Waals surface area contributed by atoms with Crippen LogP contribution in [0.2, 0.25) is 0 Å². The van der Waals surface area contributed by atoms with Crippen LogP contribution in [-0.2, 0) is 10.9 Å². The van der Waals surface area contributed by atoms with E-state index >= 15 is 0 Å². The van der Waals surface area contributed by atoms with E-state index in [4.69, 9.17) is 11.8 Å². The Kier molecular flexibility index (Phi) is 5.01. The number of piperidine rings is 1. The first-order valence-corrected chi connectivity index (χ1v) is 5.98. The van der Waals surface area contributed by atoms with E-state index in [9.17, 15) is 8.42 Å². The minimum absolute atomic E-state index is 0.561. The normalized spacial score (nSPS) is 21.1. The maximum atomic E-state index is 10.2. The first-order chi connectivity index (χ1) is 6.18. The zero-order valence-electron chi connectivity index (χ0n) is 7.41. The fraction of sp³-hybridized carbons (Fsp3) is 1.00. The van der Waals surface area contributed by atoms with Crippen LogP contribution in [0.25, 0.3) is 0 Å². The Morgan fingerprint density at radius 3 is 2.54 bits per heavy atom. The molecular formula is C7H15ClN2O2S. The molecule has 13 heavy (non-hydrogen) atoms. The highest BCUT2D eigenvalue weighted by Gasteiger charge is 2.16. The molecule has 1 rings (SSSR count). The maximum absolute atomic E-state index is 10.2. The number of rotatable bonds is 4. The number of thiol groups is 1. The molecule has 0 aromatic rings. The third-order valence-electron chi connectivity index (χ3n) is 2.35. The second-order valence-corrected chi connectivity index (χ2v) is 4.62. The quantitative estimate of drug-likeness (QED) is 0.538. The molecule has 0 amide bonds. The highest BCUT2D eigenvalue weighted by Crippen LogP contribution is 2.20. The van der Waals surface area contributed by atoms with Crippen molar-refractivity contribution in [2.24, 2.45) is 5.92 Å². The van der Waals surface area contributed by atoms with Crippen molar-refractivity contribution >= 4 is 22.7 Å². The van der Waals surface area contributed by atoms with Crippen molar-refractivity contribution in [3.8, 4) is 0 Å². The van der Waals surface area contributed by atoms with E-state index in [0.29, 0.717) is 12.5 Å². The van der Waals surface area contributed by atoms with Crippen LogP contribution >= 0.6 is 11.8 Å². The molecule has 1 aliphatic rings. The summed E-state index contributed by atoms with van der Waals surface area (Å²) in [6, 6.07) is 0. The van der Waals surface area contributed by atoms with Crippen molar-refractivity contribution in [3.05, 3.63) is 0 Å². The van der Waals surface area contributed by atoms with Gasteiger partial charge >= 0.3 is 0 Å². The molecule has 0 radical (unpaired) electrons. The lowest BCUT2D eigenvalue weighted by molar-refractivity contribution is 0.273. The number of nitrogens with one attached hydrogen (secondary N) is 1. The summed E-state index contributed by atoms with van der Waals surface area (Å²) in [4.78, 5) is 0. The largest absolute Gasteiger partial charge is 0.220 e. The average Bonchev–Trinajstić information content (AvgIpc) is 2.08. The molecule has 1 saturated heterocycles. The standard InChI is InChI=1S/C7H15ClN2O2S/c8-10-5-2-7(3-6-10)1-4-9-13(11)12/h7,13H,1-6H2,(H,9,11,12). The fourth-order valence-electron chi connectivity index (χ4n) is 1.55. The maximum Gasteiger partial charge on any atom is 0.201 e. The van der Waals surface area contributed by atoms with Crippen LogP contribution in [0.3, 0.4) is 0 Å². The van der Waals surface area contributed by atoms with Gasteiger partial charge in [-0.15, -0.1) is 0 Å². The molecule has 0 aromatic heterocycles. The molecule has 1 fully saturated rings. The summed E-state index contributed by atoms with van der Waals surface area (Å²) >= 11 is 5.79. The summed E-state index contributed by atoms with van der Waals surface area (Å²) in [5.41, 5.74) is 0. The lowest BCUT2D eigenvalue weighted by Crippen LogP contribution is -2.28. The zero-order chi connectivity index (χ0) is 9.68. The Balaban J connectivity index is 2.09. The van der Waals surface area contributed by atoms with Gasteiger partial charge in [0.1, 0.15) is 0 Å². The van der Waals surface area contributed by atoms with E-state index in [-0.39, 0.29) is 0 Å². The van der Waals surface area contributed by atoms with Crippen LogP contribution in [0.1, 0.15) is 19.3 Å². The van der Waals surface area contributed by atoms with Crippen molar-refractivity contribution in [1.82, 2.24) is 9.14 Å². The predicted molar refractivity (Wildman–Crippen MR) is 53.1 cm³/mol. The van der Waals surface area contributed by atoms with Crippen molar-refractivity contribution in [3.63, 3.8) is 0 Å². The molecule has 78 valence electrons. The third-order valence-corrected chi connectivity index (χ3v) is 3.17. The van der Waals surface area contributed by atoms with Crippen molar-refractivity contribution < 1.29 is 8.42 Å². The van der Waals surface area contributed by atoms with E-state index in [1.165, 1.54) is 0 Å². The Bertz CT molecular complexity index is 207. The lowest BCUT2D eigenvalue weighted by Gasteiger charge is -2.26. The van der Waals surface area contributed by atoms with E-state index in [1.54, 1.807) is 4.42 Å². The molecule has 1 heterocycles. The summed E-state index contributed by atoms with van der Waals surface area (Å²) in [6.45, 7) is 2.39. The van der Waals surface area contributed by atoms with E-state index < -0.39 is 10.9 Å². The van der Waals surface area contributed by atoms with Crippen molar-refractivity contribution in [2.45, 2.75) is 19.3 Å². The van der Waals surface area contributed by atoms with Gasteiger partial charge in [0, 0.05) is 19.6 Å². The van der Waals surface area contributed by atoms with Gasteiger partial charge in [-0.25, -0.2) is 17.6 Å². The lowest BCUT2D eigenvalue weighted by atomic mass is 9.95. The Labute approximate surface area is 85.4 Å². The second-order valence-electron chi connectivity index (χ2n) is 3.31. The molecule has 0 bridgehead atoms. The summed E-state index contributed by atoms with van der Waals surface area (Å²) in [5, 5.41) is 0. The first-order valence-electron chi connectivity index (χ1n) is 4.47. The van der Waals surface area contributed by atoms with Crippen LogP contribution < -0.4 is 4.72 Å². The number of hydrogen-bond donors (Lipinski definition) is 2. The van der Waals surface area contributed by atoms with Gasteiger partial charge in [0.15, 0.2) is 0 Å². The molecule has 0 spiro atoms. The molecule has 0 unspecified atom stereocenters. The number of halogens is 1. The molecule has 1 aliphatic heterocycles. The average molecular weight is 227 g/mol. The van der Waals surface area contributed by atoms with Crippen LogP contribution in [0.4, 0.5) is 0 Å². The third kappa shape index (κ3) is 4.81. The van der Waals surface area contributed by atoms with E-state index in [2.05, 4.69) is 4.72 Å². The number of hydrogen-bond acceptors (Lipinski definition) is 3. The molecule has 0 atom stereocenters. The molecule has 1 N–H and O–H groups in total. The molecule has 4 nitrogen and oxygen atoms in total. The van der Waals surface area contributed by atoms with Gasteiger partial charge in [0.05, 0.1) is 0 Å². The fourth-order valence-corrected chi connectivity index (χ4v) is 2.06. The Morgan fingerprint density at radius 2 is 2.00 bits per heavy atom. The van der Waals surface area contributed by atoms with Gasteiger partial charge in [-0.2, -0.15) is 0 Å². The molecular weight excluding hydrogens is 212 g/mol. The van der Waals surface area contributed by atoms with Crippen LogP contribution in [0.15, 0.2) is 0 Å². The number of nitrogens with zero attached hydrogens (tertiary/aromatic N) is 1. The van der Waals surface area contributed by atoms with Crippen LogP contribution in [0, 0.1) is 5.92 Å². The SMILES string of the molecule is O=[SH](=O)NCCC1CCN(Cl)CC1. The van der Waals surface area contributed by atoms with Crippen LogP contribution in [0.5, 0.6) is 0 Å². The van der Waals surface area contributed by atoms with E-state index in [1.807, 2.05) is 0 Å². The summed E-state index contributed by atoms with van der Waals surface area (Å²) in [6.07, 6.45) is 3.07. The Hall–Kier alpha value is 0.160. The topological polar surface area (TPSA) is 49.4 Å². The Morgan fingerprint density at radius 1 is 1.38 bits per heavy atom. The summed E-state index contributed by atoms with van der Waals surface area (Å²) in [7, 11) is -2.42. The van der Waals surface area contributed by atoms with E-state index in [0.717, 1.165) is 32.4 Å². The first kappa shape index (κ1) is 11.2. The zero-order valence-corrected chi connectivity index (χ0v) is 9.06. The smallest absolute Gasteiger partial charge is 0.201 e. The minimum Gasteiger partial charge on any atom is -0.220 e. The van der Waals surface area contributed by atoms with Gasteiger partial charge < -0.3 is 0 Å². The molecule has 0 aliphatic carbocycles. The van der Waals surface area contributed by atoms with Gasteiger partial charge in [-0.1, -0.05) is 0 Å². The highest BCUT2D eigenvalue weighted by atomic mass is 35.5. The van der Waals surface area contributed by atoms with Gasteiger partial charge in [-0.3, -0.25) is 0 Å². The molecule has 0 saturated carbocycles. The van der Waals surface area contributed by atoms with Crippen molar-refractivity contribution in [1.29, 1.82) is 0 Å². The summed E-state index contributed by atoms with van der Waals surface area (Å²) in [5.74, 6) is 0.623. The molecule has 0 aromatic carbocycles. The van der Waals surface area contributed by atoms with Gasteiger partial charge in [-0.05, 0) is 37.0 Å². The minimum atomic E-state index is -2.42. The van der Waals surface area contributed by atoms with Gasteiger partial charge in [0.25, 0.3) is 0 Å². The predicted octanol–water partition coefficient (Wildman–Crippen LogP) is 0.358. The second kappa shape index (κ2) is 5.80. The van der Waals surface area contributed by atoms with Crippen LogP contribution in [-0.4, -0.2) is 32.5 Å². The summed E-state index contributed by atoms with van der Waals surface area (Å²) < 4.78 is 24.6.